The van der Waals surface area contributed by atoms with Gasteiger partial charge in [0.15, 0.2) is 5.58 Å². The van der Waals surface area contributed by atoms with E-state index in [1.807, 2.05) is 39.0 Å². The van der Waals surface area contributed by atoms with Crippen molar-refractivity contribution in [3.05, 3.63) is 133 Å². The molecule has 0 unspecified atom stereocenters. The number of fused-ring (bicyclic) bond motifs is 11. The summed E-state index contributed by atoms with van der Waals surface area (Å²) in [5.41, 5.74) is 7.48. The van der Waals surface area contributed by atoms with Crippen molar-refractivity contribution in [3.8, 4) is 17.1 Å². The minimum atomic E-state index is 0.643. The van der Waals surface area contributed by atoms with E-state index in [1.54, 1.807) is 14.2 Å². The van der Waals surface area contributed by atoms with Gasteiger partial charge in [-0.15, -0.1) is 11.3 Å². The van der Waals surface area contributed by atoms with E-state index in [4.69, 9.17) is 9.40 Å². The Morgan fingerprint density at radius 3 is 2.02 bits per heavy atom. The van der Waals surface area contributed by atoms with Crippen LogP contribution in [0, 0.1) is 6.92 Å². The Hall–Kier alpha value is -5.49. The number of benzene rings is 7. The van der Waals surface area contributed by atoms with Gasteiger partial charge in [-0.2, -0.15) is 0 Å². The molecule has 0 N–H and O–H groups in total. The lowest BCUT2D eigenvalue weighted by Crippen LogP contribution is -1.94. The fourth-order valence-electron chi connectivity index (χ4n) is 6.98. The van der Waals surface area contributed by atoms with Crippen molar-refractivity contribution in [1.29, 1.82) is 0 Å². The van der Waals surface area contributed by atoms with Crippen LogP contribution in [-0.4, -0.2) is 23.8 Å². The van der Waals surface area contributed by atoms with Crippen LogP contribution in [0.15, 0.2) is 132 Å². The molecule has 0 saturated heterocycles. The predicted octanol–water partition coefficient (Wildman–Crippen LogP) is 13.9. The van der Waals surface area contributed by atoms with E-state index in [2.05, 4.69) is 144 Å². The van der Waals surface area contributed by atoms with Gasteiger partial charge < -0.3 is 13.7 Å². The van der Waals surface area contributed by atoms with Gasteiger partial charge in [0.25, 0.3) is 0 Å². The zero-order valence-electron chi connectivity index (χ0n) is 30.2. The Bertz CT molecular complexity index is 2800. The standard InChI is InChI=1S/C40H24N2OS.C2H6O.2C2H6/c1-23-10-16-30-36(20-23)44-35-19-17-32-39(38(30)35)43-40(41-32)25-11-14-28(15-12-25)42-33-18-13-24-6-4-5-9-29(24)37(33)31-21-26-7-2-3-8-27(26)22-34(31)42;1-3-2;2*1-2/h2-22H,1H3;1-2H3;2*1-2H3. The maximum atomic E-state index is 6.52. The fraction of sp³-hybridized carbons (Fsp3) is 0.152. The molecule has 0 fully saturated rings. The molecule has 0 aliphatic heterocycles. The highest BCUT2D eigenvalue weighted by Crippen LogP contribution is 2.41. The van der Waals surface area contributed by atoms with E-state index in [-0.39, 0.29) is 0 Å². The lowest BCUT2D eigenvalue weighted by atomic mass is 10.0. The van der Waals surface area contributed by atoms with Crippen LogP contribution < -0.4 is 0 Å². The van der Waals surface area contributed by atoms with Crippen molar-refractivity contribution in [2.75, 3.05) is 14.2 Å². The first-order valence-corrected chi connectivity index (χ1v) is 18.5. The first kappa shape index (κ1) is 34.0. The van der Waals surface area contributed by atoms with E-state index in [9.17, 15) is 0 Å². The summed E-state index contributed by atoms with van der Waals surface area (Å²) in [6.07, 6.45) is 0. The topological polar surface area (TPSA) is 40.2 Å². The van der Waals surface area contributed by atoms with E-state index < -0.39 is 0 Å². The summed E-state index contributed by atoms with van der Waals surface area (Å²) in [5.74, 6) is 0.643. The van der Waals surface area contributed by atoms with Gasteiger partial charge in [-0.3, -0.25) is 0 Å². The second kappa shape index (κ2) is 14.4. The molecule has 254 valence electrons. The highest BCUT2D eigenvalue weighted by atomic mass is 32.1. The Labute approximate surface area is 302 Å². The Morgan fingerprint density at radius 1 is 0.588 bits per heavy atom. The lowest BCUT2D eigenvalue weighted by Gasteiger charge is -2.09. The number of aromatic nitrogens is 2. The number of oxazole rings is 1. The third kappa shape index (κ3) is 5.82. The average Bonchev–Trinajstić information content (AvgIpc) is 3.87. The number of methoxy groups -OCH3 is 1. The van der Waals surface area contributed by atoms with Gasteiger partial charge in [0.1, 0.15) is 5.52 Å². The molecule has 0 aliphatic rings. The fourth-order valence-corrected chi connectivity index (χ4v) is 8.18. The molecule has 0 spiro atoms. The van der Waals surface area contributed by atoms with Gasteiger partial charge >= 0.3 is 0 Å². The van der Waals surface area contributed by atoms with Gasteiger partial charge in [-0.1, -0.05) is 94.4 Å². The largest absolute Gasteiger partial charge is 0.435 e. The number of hydrogen-bond donors (Lipinski definition) is 0. The maximum Gasteiger partial charge on any atom is 0.227 e. The van der Waals surface area contributed by atoms with E-state index >= 15 is 0 Å². The van der Waals surface area contributed by atoms with Crippen LogP contribution >= 0.6 is 11.3 Å². The number of ether oxygens (including phenoxy) is 1. The minimum Gasteiger partial charge on any atom is -0.435 e. The van der Waals surface area contributed by atoms with E-state index in [0.717, 1.165) is 27.7 Å². The molecule has 0 bridgehead atoms. The molecule has 5 heteroatoms. The van der Waals surface area contributed by atoms with Gasteiger partial charge in [0, 0.05) is 56.4 Å². The molecule has 10 aromatic rings. The summed E-state index contributed by atoms with van der Waals surface area (Å²) in [4.78, 5) is 4.93. The van der Waals surface area contributed by atoms with Crippen molar-refractivity contribution in [2.45, 2.75) is 34.6 Å². The quantitative estimate of drug-likeness (QED) is 0.182. The van der Waals surface area contributed by atoms with Crippen LogP contribution in [0.25, 0.3) is 91.8 Å². The van der Waals surface area contributed by atoms with Crippen molar-refractivity contribution in [3.63, 3.8) is 0 Å². The van der Waals surface area contributed by atoms with Crippen LogP contribution in [0.2, 0.25) is 0 Å². The summed E-state index contributed by atoms with van der Waals surface area (Å²) < 4.78 is 15.7. The molecule has 7 aromatic carbocycles. The summed E-state index contributed by atoms with van der Waals surface area (Å²) in [5, 5.41) is 9.94. The smallest absolute Gasteiger partial charge is 0.227 e. The predicted molar refractivity (Wildman–Crippen MR) is 222 cm³/mol. The third-order valence-electron chi connectivity index (χ3n) is 9.04. The van der Waals surface area contributed by atoms with Gasteiger partial charge in [-0.25, -0.2) is 4.98 Å². The molecule has 0 aliphatic carbocycles. The van der Waals surface area contributed by atoms with Crippen LogP contribution in [0.3, 0.4) is 0 Å². The zero-order valence-corrected chi connectivity index (χ0v) is 31.1. The zero-order chi connectivity index (χ0) is 35.6. The number of aryl methyl sites for hydroxylation is 1. The van der Waals surface area contributed by atoms with E-state index in [0.29, 0.717) is 5.89 Å². The number of thiophene rings is 1. The summed E-state index contributed by atoms with van der Waals surface area (Å²) in [7, 11) is 3.25. The molecule has 4 nitrogen and oxygen atoms in total. The highest BCUT2D eigenvalue weighted by Gasteiger charge is 2.18. The monoisotopic (exact) mass is 686 g/mol. The molecule has 0 amide bonds. The molecule has 10 rings (SSSR count). The Kier molecular flexibility index (Phi) is 9.59. The van der Waals surface area contributed by atoms with Crippen molar-refractivity contribution in [1.82, 2.24) is 9.55 Å². The second-order valence-corrected chi connectivity index (χ2v) is 13.2. The van der Waals surface area contributed by atoms with Crippen molar-refractivity contribution >= 4 is 86.0 Å². The Balaban J connectivity index is 0.000000545. The van der Waals surface area contributed by atoms with Gasteiger partial charge in [-0.05, 0) is 94.7 Å². The molecule has 51 heavy (non-hydrogen) atoms. The average molecular weight is 687 g/mol. The normalized spacial score (nSPS) is 11.1. The number of rotatable bonds is 2. The van der Waals surface area contributed by atoms with Crippen LogP contribution in [0.5, 0.6) is 0 Å². The van der Waals surface area contributed by atoms with E-state index in [1.165, 1.54) is 63.7 Å². The van der Waals surface area contributed by atoms with Gasteiger partial charge in [0.05, 0.1) is 11.0 Å². The van der Waals surface area contributed by atoms with Crippen molar-refractivity contribution < 1.29 is 9.15 Å². The molecule has 3 heterocycles. The molecule has 0 saturated carbocycles. The first-order valence-electron chi connectivity index (χ1n) is 17.7. The first-order chi connectivity index (χ1) is 25.1. The molecular formula is C46H42N2O2S. The lowest BCUT2D eigenvalue weighted by molar-refractivity contribution is 0.277. The second-order valence-electron chi connectivity index (χ2n) is 12.1. The van der Waals surface area contributed by atoms with Crippen LogP contribution in [-0.2, 0) is 4.74 Å². The molecular weight excluding hydrogens is 645 g/mol. The SMILES string of the molecule is CC.CC.COC.Cc1ccc2c(c1)sc1ccc3nc(-c4ccc(-n5c6cc7ccccc7cc6c6c7ccccc7ccc65)cc4)oc3c12. The summed E-state index contributed by atoms with van der Waals surface area (Å²) >= 11 is 1.81. The molecule has 0 atom stereocenters. The highest BCUT2D eigenvalue weighted by molar-refractivity contribution is 7.26. The van der Waals surface area contributed by atoms with Gasteiger partial charge in [0.2, 0.25) is 5.89 Å². The summed E-state index contributed by atoms with van der Waals surface area (Å²) in [6, 6.07) is 46.0. The molecule has 3 aromatic heterocycles. The van der Waals surface area contributed by atoms with Crippen LogP contribution in [0.4, 0.5) is 0 Å². The van der Waals surface area contributed by atoms with Crippen LogP contribution in [0.1, 0.15) is 33.3 Å². The third-order valence-corrected chi connectivity index (χ3v) is 10.2. The Morgan fingerprint density at radius 2 is 1.27 bits per heavy atom. The maximum absolute atomic E-state index is 6.52. The number of nitrogens with zero attached hydrogens (tertiary/aromatic N) is 2. The minimum absolute atomic E-state index is 0.643. The number of hydrogen-bond acceptors (Lipinski definition) is 4. The van der Waals surface area contributed by atoms with Crippen molar-refractivity contribution in [2.24, 2.45) is 0 Å². The molecule has 0 radical (unpaired) electrons. The summed E-state index contributed by atoms with van der Waals surface area (Å²) in [6.45, 7) is 10.1.